The van der Waals surface area contributed by atoms with E-state index >= 15 is 0 Å². The van der Waals surface area contributed by atoms with E-state index in [4.69, 9.17) is 17.3 Å². The summed E-state index contributed by atoms with van der Waals surface area (Å²) in [5.74, 6) is -0.323. The van der Waals surface area contributed by atoms with Crippen molar-refractivity contribution in [2.75, 3.05) is 11.1 Å². The zero-order valence-electron chi connectivity index (χ0n) is 10.3. The Kier molecular flexibility index (Phi) is 3.07. The molecule has 2 aromatic carbocycles. The van der Waals surface area contributed by atoms with Crippen molar-refractivity contribution >= 4 is 23.0 Å². The second-order valence-corrected chi connectivity index (χ2v) is 5.20. The monoisotopic (exact) mass is 276 g/mol. The summed E-state index contributed by atoms with van der Waals surface area (Å²) in [6.45, 7) is 0. The van der Waals surface area contributed by atoms with E-state index in [0.717, 1.165) is 18.5 Å². The minimum Gasteiger partial charge on any atom is -0.399 e. The molecule has 0 radical (unpaired) electrons. The van der Waals surface area contributed by atoms with Crippen molar-refractivity contribution in [2.24, 2.45) is 0 Å². The number of halogens is 2. The molecule has 0 amide bonds. The Morgan fingerprint density at radius 3 is 2.89 bits per heavy atom. The predicted octanol–water partition coefficient (Wildman–Crippen LogP) is 4.16. The standard InChI is InChI=1S/C15H14ClFN2/c16-12-2-1-3-13(17)15(12)19-14-7-4-9-8-10(18)5-6-11(9)14/h1-3,5-6,8,14,19H,4,7,18H2. The van der Waals surface area contributed by atoms with Crippen LogP contribution in [-0.4, -0.2) is 0 Å². The number of para-hydroxylation sites is 1. The maximum Gasteiger partial charge on any atom is 0.147 e. The molecule has 0 aliphatic heterocycles. The summed E-state index contributed by atoms with van der Waals surface area (Å²) < 4.78 is 13.8. The molecule has 0 bridgehead atoms. The van der Waals surface area contributed by atoms with E-state index in [9.17, 15) is 4.39 Å². The SMILES string of the molecule is Nc1ccc2c(c1)CCC2Nc1c(F)cccc1Cl. The van der Waals surface area contributed by atoms with E-state index in [1.165, 1.54) is 17.2 Å². The number of nitrogens with one attached hydrogen (secondary N) is 1. The van der Waals surface area contributed by atoms with Crippen LogP contribution in [-0.2, 0) is 6.42 Å². The maximum absolute atomic E-state index is 13.8. The maximum atomic E-state index is 13.8. The minimum absolute atomic E-state index is 0.0880. The predicted molar refractivity (Wildman–Crippen MR) is 76.9 cm³/mol. The second kappa shape index (κ2) is 4.74. The Hall–Kier alpha value is -1.74. The molecule has 1 atom stereocenters. The fourth-order valence-corrected chi connectivity index (χ4v) is 2.81. The quantitative estimate of drug-likeness (QED) is 0.808. The Morgan fingerprint density at radius 1 is 1.26 bits per heavy atom. The Balaban J connectivity index is 1.91. The van der Waals surface area contributed by atoms with Crippen LogP contribution in [0.5, 0.6) is 0 Å². The third kappa shape index (κ3) is 2.26. The fraction of sp³-hybridized carbons (Fsp3) is 0.200. The van der Waals surface area contributed by atoms with Crippen molar-refractivity contribution in [3.8, 4) is 0 Å². The van der Waals surface area contributed by atoms with Crippen molar-refractivity contribution in [1.29, 1.82) is 0 Å². The average Bonchev–Trinajstić information content (AvgIpc) is 2.76. The summed E-state index contributed by atoms with van der Waals surface area (Å²) in [6.07, 6.45) is 1.87. The number of benzene rings is 2. The summed E-state index contributed by atoms with van der Waals surface area (Å²) in [6, 6.07) is 10.7. The lowest BCUT2D eigenvalue weighted by atomic mass is 10.1. The van der Waals surface area contributed by atoms with Crippen LogP contribution in [0, 0.1) is 5.82 Å². The van der Waals surface area contributed by atoms with E-state index in [-0.39, 0.29) is 11.9 Å². The zero-order chi connectivity index (χ0) is 13.4. The molecule has 0 saturated carbocycles. The molecule has 0 aromatic heterocycles. The molecule has 98 valence electrons. The lowest BCUT2D eigenvalue weighted by Crippen LogP contribution is -2.09. The van der Waals surface area contributed by atoms with Crippen molar-refractivity contribution in [2.45, 2.75) is 18.9 Å². The van der Waals surface area contributed by atoms with E-state index < -0.39 is 0 Å². The molecule has 3 rings (SSSR count). The number of fused-ring (bicyclic) bond motifs is 1. The number of nitrogen functional groups attached to an aromatic ring is 1. The first kappa shape index (κ1) is 12.3. The van der Waals surface area contributed by atoms with E-state index in [2.05, 4.69) is 5.32 Å². The molecule has 19 heavy (non-hydrogen) atoms. The molecule has 1 unspecified atom stereocenters. The topological polar surface area (TPSA) is 38.0 Å². The number of anilines is 2. The van der Waals surface area contributed by atoms with Crippen LogP contribution in [0.15, 0.2) is 36.4 Å². The summed E-state index contributed by atoms with van der Waals surface area (Å²) >= 11 is 6.04. The van der Waals surface area contributed by atoms with Gasteiger partial charge >= 0.3 is 0 Å². The van der Waals surface area contributed by atoms with Gasteiger partial charge in [-0.15, -0.1) is 0 Å². The highest BCUT2D eigenvalue weighted by Gasteiger charge is 2.23. The molecule has 1 aliphatic carbocycles. The number of rotatable bonds is 2. The summed E-state index contributed by atoms with van der Waals surface area (Å²) in [7, 11) is 0. The first-order valence-corrected chi connectivity index (χ1v) is 6.62. The second-order valence-electron chi connectivity index (χ2n) is 4.79. The third-order valence-corrected chi connectivity index (χ3v) is 3.84. The van der Waals surface area contributed by atoms with Gasteiger partial charge in [-0.25, -0.2) is 4.39 Å². The zero-order valence-corrected chi connectivity index (χ0v) is 11.0. The highest BCUT2D eigenvalue weighted by Crippen LogP contribution is 2.37. The molecule has 0 saturated heterocycles. The highest BCUT2D eigenvalue weighted by atomic mass is 35.5. The van der Waals surface area contributed by atoms with Gasteiger partial charge in [0.15, 0.2) is 0 Å². The molecule has 2 nitrogen and oxygen atoms in total. The van der Waals surface area contributed by atoms with E-state index in [1.54, 1.807) is 12.1 Å². The van der Waals surface area contributed by atoms with E-state index in [1.807, 2.05) is 18.2 Å². The molecular formula is C15H14ClFN2. The smallest absolute Gasteiger partial charge is 0.147 e. The molecule has 3 N–H and O–H groups in total. The van der Waals surface area contributed by atoms with Gasteiger partial charge in [0.2, 0.25) is 0 Å². The lowest BCUT2D eigenvalue weighted by molar-refractivity contribution is 0.625. The first-order valence-electron chi connectivity index (χ1n) is 6.24. The van der Waals surface area contributed by atoms with Crippen LogP contribution in [0.2, 0.25) is 5.02 Å². The van der Waals surface area contributed by atoms with Gasteiger partial charge in [0.1, 0.15) is 5.82 Å². The van der Waals surface area contributed by atoms with Crippen molar-refractivity contribution in [1.82, 2.24) is 0 Å². The highest BCUT2D eigenvalue weighted by molar-refractivity contribution is 6.33. The van der Waals surface area contributed by atoms with Crippen LogP contribution in [0.4, 0.5) is 15.8 Å². The van der Waals surface area contributed by atoms with Gasteiger partial charge in [-0.2, -0.15) is 0 Å². The minimum atomic E-state index is -0.323. The van der Waals surface area contributed by atoms with Gasteiger partial charge in [0.25, 0.3) is 0 Å². The number of aryl methyl sites for hydroxylation is 1. The number of hydrogen-bond acceptors (Lipinski definition) is 2. The van der Waals surface area contributed by atoms with Crippen molar-refractivity contribution in [3.63, 3.8) is 0 Å². The Bertz CT molecular complexity index is 607. The van der Waals surface area contributed by atoms with Crippen LogP contribution in [0.3, 0.4) is 0 Å². The molecule has 2 aromatic rings. The molecule has 0 spiro atoms. The molecule has 0 heterocycles. The van der Waals surface area contributed by atoms with Crippen LogP contribution in [0.1, 0.15) is 23.6 Å². The summed E-state index contributed by atoms with van der Waals surface area (Å²) in [4.78, 5) is 0. The van der Waals surface area contributed by atoms with E-state index in [0.29, 0.717) is 10.7 Å². The molecular weight excluding hydrogens is 263 g/mol. The van der Waals surface area contributed by atoms with Crippen LogP contribution < -0.4 is 11.1 Å². The summed E-state index contributed by atoms with van der Waals surface area (Å²) in [5, 5.41) is 3.61. The Morgan fingerprint density at radius 2 is 2.11 bits per heavy atom. The molecule has 0 fully saturated rings. The summed E-state index contributed by atoms with van der Waals surface area (Å²) in [5.41, 5.74) is 9.32. The van der Waals surface area contributed by atoms with Crippen molar-refractivity contribution in [3.05, 3.63) is 58.4 Å². The number of nitrogens with two attached hydrogens (primary N) is 1. The van der Waals surface area contributed by atoms with Gasteiger partial charge in [-0.3, -0.25) is 0 Å². The normalized spacial score (nSPS) is 17.3. The van der Waals surface area contributed by atoms with Crippen LogP contribution >= 0.6 is 11.6 Å². The van der Waals surface area contributed by atoms with Gasteiger partial charge in [0, 0.05) is 5.69 Å². The van der Waals surface area contributed by atoms with Crippen LogP contribution in [0.25, 0.3) is 0 Å². The van der Waals surface area contributed by atoms with Gasteiger partial charge in [-0.05, 0) is 48.2 Å². The average molecular weight is 277 g/mol. The largest absolute Gasteiger partial charge is 0.399 e. The van der Waals surface area contributed by atoms with Crippen molar-refractivity contribution < 1.29 is 4.39 Å². The van der Waals surface area contributed by atoms with Gasteiger partial charge < -0.3 is 11.1 Å². The molecule has 4 heteroatoms. The third-order valence-electron chi connectivity index (χ3n) is 3.53. The van der Waals surface area contributed by atoms with Gasteiger partial charge in [0.05, 0.1) is 16.8 Å². The fourth-order valence-electron chi connectivity index (χ4n) is 2.60. The first-order chi connectivity index (χ1) is 9.15. The number of hydrogen-bond donors (Lipinski definition) is 2. The molecule has 1 aliphatic rings. The Labute approximate surface area is 116 Å². The van der Waals surface area contributed by atoms with Gasteiger partial charge in [-0.1, -0.05) is 23.7 Å². The lowest BCUT2D eigenvalue weighted by Gasteiger charge is -2.17.